The average Bonchev–Trinajstić information content (AvgIpc) is 2.37. The van der Waals surface area contributed by atoms with Gasteiger partial charge in [-0.2, -0.15) is 9.62 Å². The van der Waals surface area contributed by atoms with E-state index in [4.69, 9.17) is 16.9 Å². The number of halogens is 1. The Hall–Kier alpha value is -0.440. The molecule has 0 bridgehead atoms. The fourth-order valence-electron chi connectivity index (χ4n) is 0.493. The van der Waals surface area contributed by atoms with Crippen LogP contribution in [-0.4, -0.2) is 4.98 Å². The number of aromatic nitrogens is 1. The van der Waals surface area contributed by atoms with E-state index in [1.165, 1.54) is 11.3 Å². The predicted molar refractivity (Wildman–Crippen MR) is 47.6 cm³/mol. The Balaban J connectivity index is 2.53. The standard InChI is InChI=1S/C5H4ClN3S2/c6-5-8-1-4(11-5)2-10-9-3-7/h1,10H,2H2. The predicted octanol–water partition coefficient (Wildman–Crippen LogP) is 1.78. The summed E-state index contributed by atoms with van der Waals surface area (Å²) in [5.41, 5.74) is 0. The molecule has 1 rings (SSSR count). The van der Waals surface area contributed by atoms with Gasteiger partial charge in [0.15, 0.2) is 4.47 Å². The molecule has 0 saturated heterocycles. The van der Waals surface area contributed by atoms with Crippen molar-refractivity contribution >= 4 is 34.5 Å². The largest absolute Gasteiger partial charge is 0.233 e. The monoisotopic (exact) mass is 205 g/mol. The van der Waals surface area contributed by atoms with Gasteiger partial charge in [0.05, 0.1) is 0 Å². The van der Waals surface area contributed by atoms with Gasteiger partial charge in [0.1, 0.15) is 0 Å². The highest BCUT2D eigenvalue weighted by molar-refractivity contribution is 7.67. The summed E-state index contributed by atoms with van der Waals surface area (Å²) in [7, 11) is 0. The van der Waals surface area contributed by atoms with Crippen molar-refractivity contribution in [2.24, 2.45) is 4.36 Å². The van der Waals surface area contributed by atoms with Gasteiger partial charge in [0, 0.05) is 16.8 Å². The molecule has 0 aromatic carbocycles. The second-order valence-corrected chi connectivity index (χ2v) is 4.08. The molecule has 0 unspecified atom stereocenters. The molecular formula is C5H4ClN3S2. The highest BCUT2D eigenvalue weighted by Crippen LogP contribution is 2.17. The van der Waals surface area contributed by atoms with Gasteiger partial charge in [-0.1, -0.05) is 23.2 Å². The normalized spacial score (nSPS) is 10.9. The molecule has 0 amide bonds. The lowest BCUT2D eigenvalue weighted by Crippen LogP contribution is -1.72. The molecular weight excluding hydrogens is 202 g/mol. The highest BCUT2D eigenvalue weighted by Gasteiger charge is 1.95. The van der Waals surface area contributed by atoms with Crippen molar-refractivity contribution in [3.05, 3.63) is 15.5 Å². The summed E-state index contributed by atoms with van der Waals surface area (Å²) >= 11 is 7.75. The Morgan fingerprint density at radius 1 is 1.91 bits per heavy atom. The molecule has 0 radical (unpaired) electrons. The van der Waals surface area contributed by atoms with Crippen molar-refractivity contribution in [2.45, 2.75) is 5.75 Å². The van der Waals surface area contributed by atoms with Crippen molar-refractivity contribution < 1.29 is 0 Å². The molecule has 0 aliphatic carbocycles. The molecule has 1 aromatic heterocycles. The molecule has 0 atom stereocenters. The molecule has 0 aliphatic rings. The van der Waals surface area contributed by atoms with E-state index in [-0.39, 0.29) is 0 Å². The number of thiol groups is 1. The Labute approximate surface area is 76.8 Å². The van der Waals surface area contributed by atoms with Gasteiger partial charge in [0.25, 0.3) is 0 Å². The first-order valence-electron chi connectivity index (χ1n) is 2.68. The molecule has 0 spiro atoms. The van der Waals surface area contributed by atoms with Crippen LogP contribution in [0.5, 0.6) is 0 Å². The summed E-state index contributed by atoms with van der Waals surface area (Å²) in [6.45, 7) is 0. The van der Waals surface area contributed by atoms with Crippen molar-refractivity contribution in [3.8, 4) is 6.19 Å². The molecule has 0 fully saturated rings. The highest BCUT2D eigenvalue weighted by atomic mass is 35.5. The van der Waals surface area contributed by atoms with E-state index in [1.54, 1.807) is 12.4 Å². The molecule has 0 aliphatic heterocycles. The summed E-state index contributed by atoms with van der Waals surface area (Å²) in [6, 6.07) is 0. The van der Waals surface area contributed by atoms with Gasteiger partial charge in [-0.25, -0.2) is 4.98 Å². The van der Waals surface area contributed by atoms with Crippen LogP contribution in [0.2, 0.25) is 4.47 Å². The van der Waals surface area contributed by atoms with E-state index >= 15 is 0 Å². The number of hydrogen-bond acceptors (Lipinski definition) is 4. The molecule has 58 valence electrons. The summed E-state index contributed by atoms with van der Waals surface area (Å²) in [5, 5.41) is 8.09. The molecule has 3 nitrogen and oxygen atoms in total. The van der Waals surface area contributed by atoms with Crippen LogP contribution in [0.1, 0.15) is 4.88 Å². The van der Waals surface area contributed by atoms with Crippen LogP contribution in [0.3, 0.4) is 0 Å². The molecule has 11 heavy (non-hydrogen) atoms. The van der Waals surface area contributed by atoms with Crippen LogP contribution in [0, 0.1) is 11.5 Å². The topological polar surface area (TPSA) is 49.0 Å². The zero-order chi connectivity index (χ0) is 8.10. The third-order valence-corrected chi connectivity index (χ3v) is 2.91. The molecule has 1 aromatic rings. The van der Waals surface area contributed by atoms with Gasteiger partial charge in [0.2, 0.25) is 6.19 Å². The van der Waals surface area contributed by atoms with Crippen molar-refractivity contribution in [2.75, 3.05) is 0 Å². The van der Waals surface area contributed by atoms with E-state index in [0.717, 1.165) is 22.2 Å². The van der Waals surface area contributed by atoms with Crippen LogP contribution in [0.25, 0.3) is 0 Å². The first-order chi connectivity index (χ1) is 5.33. The van der Waals surface area contributed by atoms with Gasteiger partial charge >= 0.3 is 0 Å². The smallest absolute Gasteiger partial charge is 0.212 e. The lowest BCUT2D eigenvalue weighted by Gasteiger charge is -1.81. The zero-order valence-electron chi connectivity index (χ0n) is 5.36. The maximum absolute atomic E-state index is 8.09. The number of thiazole rings is 1. The maximum atomic E-state index is 8.09. The quantitative estimate of drug-likeness (QED) is 0.591. The average molecular weight is 206 g/mol. The van der Waals surface area contributed by atoms with E-state index in [9.17, 15) is 0 Å². The fraction of sp³-hybridized carbons (Fsp3) is 0.200. The van der Waals surface area contributed by atoms with Crippen LogP contribution >= 0.6 is 22.9 Å². The van der Waals surface area contributed by atoms with Crippen LogP contribution in [0.15, 0.2) is 10.6 Å². The van der Waals surface area contributed by atoms with Crippen molar-refractivity contribution in [1.29, 1.82) is 5.26 Å². The van der Waals surface area contributed by atoms with Gasteiger partial charge < -0.3 is 0 Å². The minimum atomic E-state index is 0.534. The van der Waals surface area contributed by atoms with Crippen molar-refractivity contribution in [3.63, 3.8) is 0 Å². The van der Waals surface area contributed by atoms with Crippen LogP contribution in [-0.2, 0) is 17.3 Å². The second kappa shape index (κ2) is 4.44. The Morgan fingerprint density at radius 3 is 3.27 bits per heavy atom. The van der Waals surface area contributed by atoms with Gasteiger partial charge in [-0.3, -0.25) is 0 Å². The van der Waals surface area contributed by atoms with E-state index in [1.807, 2.05) is 0 Å². The maximum Gasteiger partial charge on any atom is 0.212 e. The van der Waals surface area contributed by atoms with Gasteiger partial charge in [-0.05, 0) is 0 Å². The molecule has 6 heteroatoms. The fourth-order valence-corrected chi connectivity index (χ4v) is 2.05. The molecule has 0 N–H and O–H groups in total. The Morgan fingerprint density at radius 2 is 2.73 bits per heavy atom. The minimum absolute atomic E-state index is 0.534. The van der Waals surface area contributed by atoms with Gasteiger partial charge in [-0.15, -0.1) is 11.3 Å². The summed E-state index contributed by atoms with van der Waals surface area (Å²) in [6.07, 6.45) is 3.41. The summed E-state index contributed by atoms with van der Waals surface area (Å²) in [5.74, 6) is 0.720. The van der Waals surface area contributed by atoms with Crippen molar-refractivity contribution in [1.82, 2.24) is 4.98 Å². The van der Waals surface area contributed by atoms with Crippen LogP contribution < -0.4 is 0 Å². The zero-order valence-corrected chi connectivity index (χ0v) is 7.83. The molecule has 1 heterocycles. The first kappa shape index (κ1) is 8.65. The Kier molecular flexibility index (Phi) is 3.49. The van der Waals surface area contributed by atoms with Crippen LogP contribution in [0.4, 0.5) is 0 Å². The van der Waals surface area contributed by atoms with E-state index in [0.29, 0.717) is 4.47 Å². The van der Waals surface area contributed by atoms with E-state index in [2.05, 4.69) is 9.35 Å². The first-order valence-corrected chi connectivity index (χ1v) is 4.91. The lowest BCUT2D eigenvalue weighted by atomic mass is 10.6. The third-order valence-electron chi connectivity index (χ3n) is 0.867. The third kappa shape index (κ3) is 2.97. The lowest BCUT2D eigenvalue weighted by molar-refractivity contribution is 1.37. The number of nitrogens with zero attached hydrogens (tertiary/aromatic N) is 3. The molecule has 0 saturated carbocycles. The number of rotatable bonds is 2. The number of nitriles is 1. The SMILES string of the molecule is N#CN=[SH]Cc1cnc(Cl)s1. The minimum Gasteiger partial charge on any atom is -0.233 e. The van der Waals surface area contributed by atoms with E-state index < -0.39 is 0 Å². The Bertz CT molecular complexity index is 301. The summed E-state index contributed by atoms with van der Waals surface area (Å²) < 4.78 is 4.02. The summed E-state index contributed by atoms with van der Waals surface area (Å²) in [4.78, 5) is 4.90. The number of hydrogen-bond donors (Lipinski definition) is 1. The second-order valence-electron chi connectivity index (χ2n) is 1.58.